The number of aryl methyl sites for hydroxylation is 1. The molecule has 16 heavy (non-hydrogen) atoms. The van der Waals surface area contributed by atoms with Crippen LogP contribution in [0, 0.1) is 0 Å². The van der Waals surface area contributed by atoms with Crippen LogP contribution in [0.4, 0.5) is 0 Å². The van der Waals surface area contributed by atoms with Crippen molar-refractivity contribution in [2.24, 2.45) is 12.9 Å². The van der Waals surface area contributed by atoms with Crippen molar-refractivity contribution < 1.29 is 4.74 Å². The topological polar surface area (TPSA) is 65.1 Å². The highest BCUT2D eigenvalue weighted by Crippen LogP contribution is 2.34. The molecule has 1 rings (SSSR count). The van der Waals surface area contributed by atoms with E-state index in [-0.39, 0.29) is 11.6 Å². The predicted octanol–water partition coefficient (Wildman–Crippen LogP) is 1.50. The Morgan fingerprint density at radius 1 is 1.75 bits per heavy atom. The van der Waals surface area contributed by atoms with Crippen LogP contribution in [0.1, 0.15) is 32.0 Å². The van der Waals surface area contributed by atoms with E-state index in [0.29, 0.717) is 0 Å². The molecule has 0 amide bonds. The minimum atomic E-state index is -0.370. The number of rotatable bonds is 5. The van der Waals surface area contributed by atoms with Crippen molar-refractivity contribution in [1.29, 1.82) is 0 Å². The van der Waals surface area contributed by atoms with Crippen LogP contribution in [0.25, 0.3) is 0 Å². The van der Waals surface area contributed by atoms with Crippen molar-refractivity contribution in [1.82, 2.24) is 15.2 Å². The highest BCUT2D eigenvalue weighted by Gasteiger charge is 2.36. The monoisotopic (exact) mass is 290 g/mol. The molecule has 0 aromatic carbocycles. The number of ether oxygens (including phenoxy) is 1. The second-order valence-electron chi connectivity index (χ2n) is 3.97. The van der Waals surface area contributed by atoms with Crippen molar-refractivity contribution in [3.05, 3.63) is 16.4 Å². The molecule has 0 spiro atoms. The van der Waals surface area contributed by atoms with E-state index in [1.54, 1.807) is 18.0 Å². The maximum atomic E-state index is 5.65. The third-order valence-corrected chi connectivity index (χ3v) is 3.77. The molecule has 5 nitrogen and oxygen atoms in total. The summed E-state index contributed by atoms with van der Waals surface area (Å²) < 4.78 is 8.29. The van der Waals surface area contributed by atoms with Crippen LogP contribution in [0.2, 0.25) is 0 Å². The number of hydrogen-bond acceptors (Lipinski definition) is 4. The molecule has 1 aromatic rings. The van der Waals surface area contributed by atoms with Gasteiger partial charge in [0.25, 0.3) is 0 Å². The van der Waals surface area contributed by atoms with Gasteiger partial charge in [0.2, 0.25) is 0 Å². The van der Waals surface area contributed by atoms with Crippen molar-refractivity contribution in [3.8, 4) is 0 Å². The molecule has 1 heterocycles. The minimum absolute atomic E-state index is 0.121. The molecule has 0 saturated heterocycles. The van der Waals surface area contributed by atoms with Gasteiger partial charge >= 0.3 is 0 Å². The number of nitrogens with one attached hydrogen (secondary N) is 1. The van der Waals surface area contributed by atoms with Crippen molar-refractivity contribution in [2.75, 3.05) is 7.11 Å². The Balaban J connectivity index is 3.17. The molecular formula is C10H19BrN4O. The van der Waals surface area contributed by atoms with Gasteiger partial charge < -0.3 is 4.74 Å². The summed E-state index contributed by atoms with van der Waals surface area (Å²) >= 11 is 3.47. The van der Waals surface area contributed by atoms with Crippen molar-refractivity contribution >= 4 is 15.9 Å². The second kappa shape index (κ2) is 5.27. The van der Waals surface area contributed by atoms with Crippen LogP contribution in [-0.4, -0.2) is 22.5 Å². The van der Waals surface area contributed by atoms with Crippen LogP contribution >= 0.6 is 15.9 Å². The quantitative estimate of drug-likeness (QED) is 0.637. The van der Waals surface area contributed by atoms with Gasteiger partial charge in [-0.1, -0.05) is 6.92 Å². The van der Waals surface area contributed by atoms with E-state index in [2.05, 4.69) is 33.4 Å². The van der Waals surface area contributed by atoms with Gasteiger partial charge in [0.15, 0.2) is 0 Å². The van der Waals surface area contributed by atoms with Gasteiger partial charge in [0.1, 0.15) is 0 Å². The fraction of sp³-hybridized carbons (Fsp3) is 0.700. The summed E-state index contributed by atoms with van der Waals surface area (Å²) in [6, 6.07) is -0.121. The highest BCUT2D eigenvalue weighted by atomic mass is 79.9. The summed E-state index contributed by atoms with van der Waals surface area (Å²) in [4.78, 5) is 0. The molecule has 0 fully saturated rings. The fourth-order valence-corrected chi connectivity index (χ4v) is 2.33. The molecule has 0 aliphatic carbocycles. The SMILES string of the molecule is CCC(C)(OC)C(NN)c1c(Br)cnn1C. The van der Waals surface area contributed by atoms with E-state index in [1.165, 1.54) is 0 Å². The van der Waals surface area contributed by atoms with Gasteiger partial charge in [-0.15, -0.1) is 0 Å². The van der Waals surface area contributed by atoms with E-state index in [0.717, 1.165) is 16.6 Å². The zero-order valence-electron chi connectivity index (χ0n) is 10.1. The Morgan fingerprint density at radius 3 is 2.69 bits per heavy atom. The molecule has 2 unspecified atom stereocenters. The Bertz CT molecular complexity index is 329. The maximum Gasteiger partial charge on any atom is 0.0926 e. The lowest BCUT2D eigenvalue weighted by Crippen LogP contribution is -2.46. The summed E-state index contributed by atoms with van der Waals surface area (Å²) in [6.45, 7) is 4.09. The van der Waals surface area contributed by atoms with Gasteiger partial charge in [-0.05, 0) is 29.3 Å². The minimum Gasteiger partial charge on any atom is -0.376 e. The van der Waals surface area contributed by atoms with E-state index in [9.17, 15) is 0 Å². The fourth-order valence-electron chi connectivity index (χ4n) is 1.76. The smallest absolute Gasteiger partial charge is 0.0926 e. The number of halogens is 1. The third kappa shape index (κ3) is 2.29. The molecular weight excluding hydrogens is 272 g/mol. The van der Waals surface area contributed by atoms with Gasteiger partial charge in [0, 0.05) is 14.2 Å². The standard InChI is InChI=1S/C10H19BrN4O/c1-5-10(2,16-4)9(14-12)8-7(11)6-13-15(8)3/h6,9,14H,5,12H2,1-4H3. The highest BCUT2D eigenvalue weighted by molar-refractivity contribution is 9.10. The van der Waals surface area contributed by atoms with E-state index >= 15 is 0 Å². The Hall–Kier alpha value is -0.430. The zero-order chi connectivity index (χ0) is 12.3. The van der Waals surface area contributed by atoms with Gasteiger partial charge in [-0.3, -0.25) is 10.5 Å². The van der Waals surface area contributed by atoms with Gasteiger partial charge in [0.05, 0.1) is 28.0 Å². The number of aromatic nitrogens is 2. The summed E-state index contributed by atoms with van der Waals surface area (Å²) in [5, 5.41) is 4.19. The zero-order valence-corrected chi connectivity index (χ0v) is 11.7. The van der Waals surface area contributed by atoms with Crippen LogP contribution in [0.3, 0.4) is 0 Å². The molecule has 1 aromatic heterocycles. The Morgan fingerprint density at radius 2 is 2.38 bits per heavy atom. The van der Waals surface area contributed by atoms with Crippen LogP contribution < -0.4 is 11.3 Å². The third-order valence-electron chi connectivity index (χ3n) is 3.16. The first kappa shape index (κ1) is 13.6. The first-order valence-electron chi connectivity index (χ1n) is 5.18. The Kier molecular flexibility index (Phi) is 4.49. The Labute approximate surface area is 104 Å². The molecule has 3 N–H and O–H groups in total. The van der Waals surface area contributed by atoms with Crippen molar-refractivity contribution in [3.63, 3.8) is 0 Å². The molecule has 92 valence electrons. The lowest BCUT2D eigenvalue weighted by molar-refractivity contribution is -0.0322. The van der Waals surface area contributed by atoms with E-state index in [4.69, 9.17) is 10.6 Å². The predicted molar refractivity (Wildman–Crippen MR) is 66.7 cm³/mol. The lowest BCUT2D eigenvalue weighted by Gasteiger charge is -2.35. The van der Waals surface area contributed by atoms with E-state index < -0.39 is 0 Å². The number of hydrogen-bond donors (Lipinski definition) is 2. The summed E-state index contributed by atoms with van der Waals surface area (Å²) in [5.74, 6) is 5.65. The summed E-state index contributed by atoms with van der Waals surface area (Å²) in [6.07, 6.45) is 2.60. The van der Waals surface area contributed by atoms with Crippen LogP contribution in [0.15, 0.2) is 10.7 Å². The van der Waals surface area contributed by atoms with Gasteiger partial charge in [-0.2, -0.15) is 5.10 Å². The largest absolute Gasteiger partial charge is 0.376 e. The molecule has 0 radical (unpaired) electrons. The molecule has 2 atom stereocenters. The normalized spacial score (nSPS) is 17.1. The first-order chi connectivity index (χ1) is 7.50. The number of hydrazine groups is 1. The first-order valence-corrected chi connectivity index (χ1v) is 5.98. The summed E-state index contributed by atoms with van der Waals surface area (Å²) in [5.41, 5.74) is 3.42. The number of methoxy groups -OCH3 is 1. The van der Waals surface area contributed by atoms with Crippen LogP contribution in [0.5, 0.6) is 0 Å². The van der Waals surface area contributed by atoms with E-state index in [1.807, 2.05) is 14.0 Å². The number of nitrogens with zero attached hydrogens (tertiary/aromatic N) is 2. The molecule has 0 aliphatic heterocycles. The maximum absolute atomic E-state index is 5.65. The van der Waals surface area contributed by atoms with Crippen molar-refractivity contribution in [2.45, 2.75) is 31.9 Å². The molecule has 6 heteroatoms. The second-order valence-corrected chi connectivity index (χ2v) is 4.83. The molecule has 0 saturated carbocycles. The molecule has 0 bridgehead atoms. The average Bonchev–Trinajstić information content (AvgIpc) is 2.61. The number of nitrogens with two attached hydrogens (primary N) is 1. The average molecular weight is 291 g/mol. The molecule has 0 aliphatic rings. The van der Waals surface area contributed by atoms with Gasteiger partial charge in [-0.25, -0.2) is 5.43 Å². The summed E-state index contributed by atoms with van der Waals surface area (Å²) in [7, 11) is 3.58. The van der Waals surface area contributed by atoms with Crippen LogP contribution in [-0.2, 0) is 11.8 Å². The lowest BCUT2D eigenvalue weighted by atomic mass is 9.91.